The highest BCUT2D eigenvalue weighted by molar-refractivity contribution is 5.89. The van der Waals surface area contributed by atoms with Crippen molar-refractivity contribution in [3.8, 4) is 11.6 Å². The van der Waals surface area contributed by atoms with E-state index in [0.29, 0.717) is 35.2 Å². The fourth-order valence-electron chi connectivity index (χ4n) is 3.12. The Morgan fingerprint density at radius 3 is 2.38 bits per heavy atom. The Morgan fingerprint density at radius 1 is 0.969 bits per heavy atom. The van der Waals surface area contributed by atoms with Crippen LogP contribution in [0.2, 0.25) is 0 Å². The Hall–Kier alpha value is -3.69. The zero-order valence-corrected chi connectivity index (χ0v) is 17.3. The number of nitrogens with zero attached hydrogens (tertiary/aromatic N) is 2. The molecule has 0 atom stereocenters. The predicted octanol–water partition coefficient (Wildman–Crippen LogP) is 4.02. The second-order valence-corrected chi connectivity index (χ2v) is 6.83. The Bertz CT molecular complexity index is 1050. The van der Waals surface area contributed by atoms with E-state index in [1.165, 1.54) is 12.3 Å². The van der Waals surface area contributed by atoms with Crippen LogP contribution in [-0.2, 0) is 11.4 Å². The maximum atomic E-state index is 12.7. The molecular weight excluding hydrogens is 418 g/mol. The first-order chi connectivity index (χ1) is 15.6. The van der Waals surface area contributed by atoms with Crippen molar-refractivity contribution in [3.05, 3.63) is 89.6 Å². The minimum absolute atomic E-state index is 0.440. The van der Waals surface area contributed by atoms with Crippen LogP contribution in [0.4, 0.5) is 8.78 Å². The van der Waals surface area contributed by atoms with Gasteiger partial charge in [0.25, 0.3) is 6.43 Å². The molecule has 2 aromatic carbocycles. The average molecular weight is 440 g/mol. The molecule has 2 heterocycles. The first kappa shape index (κ1) is 21.5. The van der Waals surface area contributed by atoms with E-state index in [4.69, 9.17) is 14.3 Å². The van der Waals surface area contributed by atoms with Crippen LogP contribution in [0.5, 0.6) is 11.6 Å². The van der Waals surface area contributed by atoms with Gasteiger partial charge in [-0.25, -0.2) is 13.8 Å². The third-order valence-corrected chi connectivity index (χ3v) is 4.66. The van der Waals surface area contributed by atoms with Crippen LogP contribution in [0.1, 0.15) is 16.7 Å². The van der Waals surface area contributed by atoms with Gasteiger partial charge >= 0.3 is 0 Å². The molecule has 0 unspecified atom stereocenters. The Kier molecular flexibility index (Phi) is 6.78. The largest absolute Gasteiger partial charge is 0.489 e. The van der Waals surface area contributed by atoms with Gasteiger partial charge in [-0.2, -0.15) is 5.17 Å². The lowest BCUT2D eigenvalue weighted by molar-refractivity contribution is -0.172. The number of nitrogens with one attached hydrogen (secondary N) is 2. The van der Waals surface area contributed by atoms with Crippen LogP contribution >= 0.6 is 0 Å². The van der Waals surface area contributed by atoms with Gasteiger partial charge in [0.05, 0.1) is 12.8 Å². The predicted molar refractivity (Wildman–Crippen MR) is 115 cm³/mol. The van der Waals surface area contributed by atoms with Gasteiger partial charge in [-0.05, 0) is 35.9 Å². The van der Waals surface area contributed by atoms with Crippen LogP contribution in [0, 0.1) is 0 Å². The fourth-order valence-corrected chi connectivity index (χ4v) is 3.12. The van der Waals surface area contributed by atoms with E-state index >= 15 is 0 Å². The summed E-state index contributed by atoms with van der Waals surface area (Å²) in [6.07, 6.45) is -1.03. The standard InChI is InChI=1S/C23H22F2N4O3/c1-30-21-12-9-18(13-26-21)23-22(27-28-29(23)32-15-20(24)25)17-7-10-19(11-8-17)31-14-16-5-3-2-4-6-16/h2-13,20,27-28H,14-15H2,1H3. The van der Waals surface area contributed by atoms with E-state index in [9.17, 15) is 8.78 Å². The summed E-state index contributed by atoms with van der Waals surface area (Å²) in [7, 11) is 1.52. The van der Waals surface area contributed by atoms with Crippen molar-refractivity contribution in [2.75, 3.05) is 13.7 Å². The van der Waals surface area contributed by atoms with Gasteiger partial charge in [0, 0.05) is 23.4 Å². The first-order valence-electron chi connectivity index (χ1n) is 9.89. The summed E-state index contributed by atoms with van der Waals surface area (Å²) in [5.41, 5.74) is 9.43. The van der Waals surface area contributed by atoms with Gasteiger partial charge in [-0.15, -0.1) is 5.53 Å². The van der Waals surface area contributed by atoms with Gasteiger partial charge in [0.2, 0.25) is 5.88 Å². The van der Waals surface area contributed by atoms with Gasteiger partial charge in [-0.3, -0.25) is 10.3 Å². The van der Waals surface area contributed by atoms with Crippen molar-refractivity contribution in [1.82, 2.24) is 21.1 Å². The minimum Gasteiger partial charge on any atom is -0.489 e. The third-order valence-electron chi connectivity index (χ3n) is 4.66. The van der Waals surface area contributed by atoms with Crippen molar-refractivity contribution in [1.29, 1.82) is 0 Å². The molecule has 3 aromatic rings. The van der Waals surface area contributed by atoms with Gasteiger partial charge in [0.1, 0.15) is 24.7 Å². The molecule has 2 N–H and O–H groups in total. The molecule has 0 amide bonds. The number of hydrogen-bond acceptors (Lipinski definition) is 7. The number of pyridine rings is 1. The number of hydroxylamine groups is 1. The van der Waals surface area contributed by atoms with E-state index in [0.717, 1.165) is 11.1 Å². The maximum absolute atomic E-state index is 12.7. The van der Waals surface area contributed by atoms with E-state index in [1.807, 2.05) is 54.6 Å². The Balaban J connectivity index is 1.57. The summed E-state index contributed by atoms with van der Waals surface area (Å²) in [5, 5.41) is 1.17. The Labute approximate surface area is 184 Å². The molecule has 1 aliphatic rings. The van der Waals surface area contributed by atoms with Crippen molar-refractivity contribution in [2.24, 2.45) is 0 Å². The number of ether oxygens (including phenoxy) is 2. The average Bonchev–Trinajstić information content (AvgIpc) is 3.26. The molecule has 9 heteroatoms. The van der Waals surface area contributed by atoms with Crippen LogP contribution in [0.25, 0.3) is 11.4 Å². The maximum Gasteiger partial charge on any atom is 0.264 e. The summed E-state index contributed by atoms with van der Waals surface area (Å²) < 4.78 is 36.4. The lowest BCUT2D eigenvalue weighted by Crippen LogP contribution is -2.38. The second-order valence-electron chi connectivity index (χ2n) is 6.83. The number of halogens is 2. The summed E-state index contributed by atoms with van der Waals surface area (Å²) in [4.78, 5) is 9.42. The molecule has 0 aliphatic carbocycles. The highest BCUT2D eigenvalue weighted by atomic mass is 19.3. The molecule has 1 aliphatic heterocycles. The lowest BCUT2D eigenvalue weighted by atomic mass is 10.1. The first-order valence-corrected chi connectivity index (χ1v) is 9.89. The summed E-state index contributed by atoms with van der Waals surface area (Å²) in [6, 6.07) is 20.8. The topological polar surface area (TPSA) is 67.9 Å². The molecule has 1 aromatic heterocycles. The zero-order valence-electron chi connectivity index (χ0n) is 17.3. The van der Waals surface area contributed by atoms with E-state index in [-0.39, 0.29) is 0 Å². The van der Waals surface area contributed by atoms with Crippen molar-refractivity contribution < 1.29 is 23.1 Å². The van der Waals surface area contributed by atoms with Crippen LogP contribution < -0.4 is 20.4 Å². The second kappa shape index (κ2) is 10.1. The number of aromatic nitrogens is 1. The lowest BCUT2D eigenvalue weighted by Gasteiger charge is -2.20. The summed E-state index contributed by atoms with van der Waals surface area (Å²) in [6.45, 7) is -0.304. The third kappa shape index (κ3) is 5.13. The van der Waals surface area contributed by atoms with Crippen molar-refractivity contribution in [2.45, 2.75) is 13.0 Å². The number of benzene rings is 2. The molecule has 0 radical (unpaired) electrons. The van der Waals surface area contributed by atoms with E-state index in [1.54, 1.807) is 18.3 Å². The summed E-state index contributed by atoms with van der Waals surface area (Å²) in [5.74, 6) is 1.15. The van der Waals surface area contributed by atoms with Crippen molar-refractivity contribution in [3.63, 3.8) is 0 Å². The zero-order chi connectivity index (χ0) is 22.3. The highest BCUT2D eigenvalue weighted by Crippen LogP contribution is 2.31. The van der Waals surface area contributed by atoms with Crippen LogP contribution in [0.15, 0.2) is 72.9 Å². The van der Waals surface area contributed by atoms with Crippen molar-refractivity contribution >= 4 is 11.4 Å². The molecule has 32 heavy (non-hydrogen) atoms. The molecule has 0 spiro atoms. The number of rotatable bonds is 9. The molecule has 7 nitrogen and oxygen atoms in total. The number of alkyl halides is 2. The molecule has 0 fully saturated rings. The highest BCUT2D eigenvalue weighted by Gasteiger charge is 2.27. The van der Waals surface area contributed by atoms with Gasteiger partial charge in [0.15, 0.2) is 0 Å². The van der Waals surface area contributed by atoms with E-state index < -0.39 is 13.0 Å². The molecule has 0 saturated heterocycles. The van der Waals surface area contributed by atoms with Crippen LogP contribution in [-0.4, -0.2) is 30.3 Å². The SMILES string of the molecule is COc1ccc(C2=C(c3ccc(OCc4ccccc4)cc3)NNN2OCC(F)F)cn1. The number of methoxy groups -OCH3 is 1. The monoisotopic (exact) mass is 440 g/mol. The molecular formula is C23H22F2N4O3. The molecule has 0 saturated carbocycles. The van der Waals surface area contributed by atoms with Crippen LogP contribution in [0.3, 0.4) is 0 Å². The Morgan fingerprint density at radius 2 is 1.72 bits per heavy atom. The number of hydrazine groups is 2. The molecule has 4 rings (SSSR count). The summed E-state index contributed by atoms with van der Waals surface area (Å²) >= 11 is 0. The normalized spacial score (nSPS) is 13.4. The molecule has 0 bridgehead atoms. The quantitative estimate of drug-likeness (QED) is 0.521. The fraction of sp³-hybridized carbons (Fsp3) is 0.174. The van der Waals surface area contributed by atoms with E-state index in [2.05, 4.69) is 15.9 Å². The number of hydrogen-bond donors (Lipinski definition) is 2. The molecule has 166 valence electrons. The minimum atomic E-state index is -2.61. The smallest absolute Gasteiger partial charge is 0.264 e. The van der Waals surface area contributed by atoms with Gasteiger partial charge < -0.3 is 9.47 Å². The van der Waals surface area contributed by atoms with Gasteiger partial charge in [-0.1, -0.05) is 30.3 Å².